The van der Waals surface area contributed by atoms with Crippen LogP contribution in [0.15, 0.2) is 51.9 Å². The molecule has 5 nitrogen and oxygen atoms in total. The number of aliphatic imine (C=N–C) groups is 1. The maximum absolute atomic E-state index is 13.1. The number of ether oxygens (including phenoxy) is 1. The Morgan fingerprint density at radius 3 is 2.45 bits per heavy atom. The molecule has 3 rings (SSSR count). The first kappa shape index (κ1) is 27.8. The van der Waals surface area contributed by atoms with Crippen LogP contribution in [0.25, 0.3) is 0 Å². The third-order valence-corrected chi connectivity index (χ3v) is 7.19. The molecule has 7 heteroatoms. The van der Waals surface area contributed by atoms with Crippen molar-refractivity contribution in [3.63, 3.8) is 0 Å². The van der Waals surface area contributed by atoms with Crippen LogP contribution in [0.1, 0.15) is 53.4 Å². The average molecular weight is 494 g/mol. The van der Waals surface area contributed by atoms with Crippen LogP contribution in [0.4, 0.5) is 0 Å². The van der Waals surface area contributed by atoms with Crippen LogP contribution in [0.2, 0.25) is 0 Å². The third-order valence-electron chi connectivity index (χ3n) is 6.05. The molecule has 2 saturated heterocycles. The number of hydrogen-bond acceptors (Lipinski definition) is 4. The summed E-state index contributed by atoms with van der Waals surface area (Å²) in [5.41, 5.74) is 1.43. The molecule has 1 unspecified atom stereocenters. The molecule has 0 bridgehead atoms. The number of likely N-dealkylation sites (tertiary alicyclic amines) is 2. The number of rotatable bonds is 6. The molecular formula is C26H41ClN3O2P. The third kappa shape index (κ3) is 9.39. The molecule has 1 atom stereocenters. The zero-order valence-electron chi connectivity index (χ0n) is 20.7. The summed E-state index contributed by atoms with van der Waals surface area (Å²) in [6.07, 6.45) is 14.9. The highest BCUT2D eigenvalue weighted by atomic mass is 35.5. The summed E-state index contributed by atoms with van der Waals surface area (Å²) in [7, 11) is 0.936. The van der Waals surface area contributed by atoms with Crippen LogP contribution in [0.5, 0.6) is 0 Å². The highest BCUT2D eigenvalue weighted by Gasteiger charge is 2.31. The summed E-state index contributed by atoms with van der Waals surface area (Å²) < 4.78 is 6.05. The number of carbonyl (C=O) groups excluding carboxylic acids is 1. The number of halogens is 1. The largest absolute Gasteiger partial charge is 0.474 e. The van der Waals surface area contributed by atoms with Crippen LogP contribution in [-0.2, 0) is 9.53 Å². The molecule has 2 fully saturated rings. The standard InChI is InChI=1S/C24H35ClN3O2P.C2H6/c1-3-5-23(26-22(25)4-2)30-21-8-14-28(15-9-21)24(29)20-6-12-27(13-7-20)18-19-10-16-31-17-11-19;1-2/h3-5,10-11,16,20-21,31H,6-9,12-15,17-18H2,1-2H3;1-2H3/b5-3-,22-4-,26-23+;. The van der Waals surface area contributed by atoms with Crippen LogP contribution >= 0.6 is 20.2 Å². The molecule has 0 aliphatic carbocycles. The molecule has 0 saturated carbocycles. The van der Waals surface area contributed by atoms with Gasteiger partial charge in [0.1, 0.15) is 11.3 Å². The van der Waals surface area contributed by atoms with E-state index in [2.05, 4.69) is 27.9 Å². The summed E-state index contributed by atoms with van der Waals surface area (Å²) in [6, 6.07) is 0. The first-order valence-electron chi connectivity index (χ1n) is 12.4. The van der Waals surface area contributed by atoms with Crippen molar-refractivity contribution >= 4 is 32.0 Å². The van der Waals surface area contributed by atoms with E-state index in [0.717, 1.165) is 67.0 Å². The lowest BCUT2D eigenvalue weighted by Gasteiger charge is -2.37. The molecule has 184 valence electrons. The van der Waals surface area contributed by atoms with Crippen molar-refractivity contribution in [1.29, 1.82) is 0 Å². The van der Waals surface area contributed by atoms with Gasteiger partial charge in [0.05, 0.1) is 0 Å². The van der Waals surface area contributed by atoms with Gasteiger partial charge in [-0.25, -0.2) is 4.99 Å². The fourth-order valence-corrected chi connectivity index (χ4v) is 5.18. The van der Waals surface area contributed by atoms with Crippen molar-refractivity contribution < 1.29 is 9.53 Å². The molecule has 0 aromatic carbocycles. The minimum atomic E-state index is 0.0691. The smallest absolute Gasteiger partial charge is 0.225 e. The molecule has 1 amide bonds. The lowest BCUT2D eigenvalue weighted by molar-refractivity contribution is -0.138. The molecular weight excluding hydrogens is 453 g/mol. The first-order valence-corrected chi connectivity index (χ1v) is 14.0. The molecule has 0 aromatic rings. The number of amides is 1. The molecule has 0 aromatic heterocycles. The predicted octanol–water partition coefficient (Wildman–Crippen LogP) is 5.94. The van der Waals surface area contributed by atoms with E-state index >= 15 is 0 Å². The van der Waals surface area contributed by atoms with E-state index < -0.39 is 0 Å². The lowest BCUT2D eigenvalue weighted by atomic mass is 9.93. The van der Waals surface area contributed by atoms with Gasteiger partial charge >= 0.3 is 0 Å². The number of carbonyl (C=O) groups is 1. The zero-order chi connectivity index (χ0) is 24.1. The fourth-order valence-electron chi connectivity index (χ4n) is 4.24. The predicted molar refractivity (Wildman–Crippen MR) is 143 cm³/mol. The Hall–Kier alpha value is -1.42. The SMILES string of the molecule is CC.C\C=C/C(=N\C(Cl)=C/C)OC1CCN(C(=O)C2CCN(CC3=CCPC=C3)CC2)CC1. The summed E-state index contributed by atoms with van der Waals surface area (Å²) in [5, 5.41) is 0.420. The molecule has 33 heavy (non-hydrogen) atoms. The second kappa shape index (κ2) is 15.5. The average Bonchev–Trinajstić information content (AvgIpc) is 2.86. The highest BCUT2D eigenvalue weighted by molar-refractivity contribution is 7.41. The monoisotopic (exact) mass is 493 g/mol. The normalized spacial score (nSPS) is 22.3. The minimum absolute atomic E-state index is 0.0691. The van der Waals surface area contributed by atoms with E-state index in [1.165, 1.54) is 11.7 Å². The Morgan fingerprint density at radius 1 is 1.18 bits per heavy atom. The van der Waals surface area contributed by atoms with Gasteiger partial charge < -0.3 is 9.64 Å². The van der Waals surface area contributed by atoms with Crippen LogP contribution < -0.4 is 0 Å². The maximum Gasteiger partial charge on any atom is 0.225 e. The Balaban J connectivity index is 0.00000187. The van der Waals surface area contributed by atoms with E-state index in [0.29, 0.717) is 17.0 Å². The molecule has 3 aliphatic heterocycles. The van der Waals surface area contributed by atoms with Gasteiger partial charge in [0.2, 0.25) is 11.8 Å². The van der Waals surface area contributed by atoms with Crippen LogP contribution in [-0.4, -0.2) is 66.6 Å². The van der Waals surface area contributed by atoms with Gasteiger partial charge in [-0.3, -0.25) is 9.69 Å². The molecule has 3 heterocycles. The zero-order valence-corrected chi connectivity index (χ0v) is 22.5. The van der Waals surface area contributed by atoms with Crippen LogP contribution in [0, 0.1) is 5.92 Å². The van der Waals surface area contributed by atoms with Crippen molar-refractivity contribution in [3.05, 3.63) is 46.9 Å². The fraction of sp³-hybridized carbons (Fsp3) is 0.615. The Morgan fingerprint density at radius 2 is 1.88 bits per heavy atom. The van der Waals surface area contributed by atoms with Crippen molar-refractivity contribution in [2.24, 2.45) is 10.9 Å². The maximum atomic E-state index is 13.1. The van der Waals surface area contributed by atoms with Gasteiger partial charge in [0.25, 0.3) is 0 Å². The van der Waals surface area contributed by atoms with Gasteiger partial charge in [0.15, 0.2) is 0 Å². The Bertz CT molecular complexity index is 759. The molecule has 0 spiro atoms. The van der Waals surface area contributed by atoms with Crippen LogP contribution in [0.3, 0.4) is 0 Å². The van der Waals surface area contributed by atoms with Crippen molar-refractivity contribution in [2.45, 2.75) is 59.5 Å². The molecule has 0 radical (unpaired) electrons. The van der Waals surface area contributed by atoms with Gasteiger partial charge in [-0.05, 0) is 63.7 Å². The minimum Gasteiger partial charge on any atom is -0.474 e. The summed E-state index contributed by atoms with van der Waals surface area (Å²) in [5.74, 6) is 3.32. The van der Waals surface area contributed by atoms with Gasteiger partial charge in [-0.15, -0.1) is 0 Å². The van der Waals surface area contributed by atoms with Crippen molar-refractivity contribution in [3.8, 4) is 0 Å². The quantitative estimate of drug-likeness (QED) is 0.199. The van der Waals surface area contributed by atoms with E-state index in [9.17, 15) is 4.79 Å². The topological polar surface area (TPSA) is 45.1 Å². The number of piperidine rings is 2. The Kier molecular flexibility index (Phi) is 13.0. The van der Waals surface area contributed by atoms with Gasteiger partial charge in [0, 0.05) is 38.4 Å². The Labute approximate surface area is 207 Å². The number of nitrogens with zero attached hydrogens (tertiary/aromatic N) is 3. The first-order chi connectivity index (χ1) is 16.1. The summed E-state index contributed by atoms with van der Waals surface area (Å²) >= 11 is 6.03. The summed E-state index contributed by atoms with van der Waals surface area (Å²) in [4.78, 5) is 21.9. The molecule has 0 N–H and O–H groups in total. The number of hydrogen-bond donors (Lipinski definition) is 0. The van der Waals surface area contributed by atoms with Crippen molar-refractivity contribution in [1.82, 2.24) is 9.80 Å². The van der Waals surface area contributed by atoms with Gasteiger partial charge in [-0.1, -0.05) is 58.1 Å². The lowest BCUT2D eigenvalue weighted by Crippen LogP contribution is -2.47. The highest BCUT2D eigenvalue weighted by Crippen LogP contribution is 2.25. The number of allylic oxidation sites excluding steroid dienone is 3. The van der Waals surface area contributed by atoms with E-state index in [1.54, 1.807) is 6.08 Å². The summed E-state index contributed by atoms with van der Waals surface area (Å²) in [6.45, 7) is 12.3. The second-order valence-electron chi connectivity index (χ2n) is 8.27. The van der Waals surface area contributed by atoms with E-state index in [4.69, 9.17) is 16.3 Å². The van der Waals surface area contributed by atoms with Gasteiger partial charge in [-0.2, -0.15) is 0 Å². The second-order valence-corrected chi connectivity index (χ2v) is 9.81. The van der Waals surface area contributed by atoms with Crippen molar-refractivity contribution in [2.75, 3.05) is 38.9 Å². The molecule has 3 aliphatic rings. The van der Waals surface area contributed by atoms with E-state index in [-0.39, 0.29) is 12.0 Å². The van der Waals surface area contributed by atoms with E-state index in [1.807, 2.05) is 44.7 Å².